The molecule has 0 aliphatic heterocycles. The Labute approximate surface area is 159 Å². The van der Waals surface area contributed by atoms with Crippen LogP contribution in [-0.4, -0.2) is 36.3 Å². The zero-order chi connectivity index (χ0) is 20.4. The van der Waals surface area contributed by atoms with Gasteiger partial charge < -0.3 is 10.6 Å². The maximum atomic E-state index is 12.7. The van der Waals surface area contributed by atoms with E-state index < -0.39 is 16.7 Å². The summed E-state index contributed by atoms with van der Waals surface area (Å²) in [6.07, 6.45) is 2.81. The van der Waals surface area contributed by atoms with Gasteiger partial charge in [-0.2, -0.15) is 10.2 Å². The van der Waals surface area contributed by atoms with E-state index in [1.54, 1.807) is 25.7 Å². The van der Waals surface area contributed by atoms with Gasteiger partial charge in [0.05, 0.1) is 34.4 Å². The van der Waals surface area contributed by atoms with Gasteiger partial charge in [-0.1, -0.05) is 12.1 Å². The van der Waals surface area contributed by atoms with Crippen LogP contribution in [0.25, 0.3) is 0 Å². The van der Waals surface area contributed by atoms with Crippen molar-refractivity contribution in [1.29, 1.82) is 0 Å². The largest absolute Gasteiger partial charge is 0.318 e. The Kier molecular flexibility index (Phi) is 4.90. The lowest BCUT2D eigenvalue weighted by Gasteiger charge is -2.09. The molecule has 0 aliphatic rings. The molecule has 0 saturated heterocycles. The average molecular weight is 383 g/mol. The van der Waals surface area contributed by atoms with Crippen LogP contribution in [0.1, 0.15) is 26.5 Å². The van der Waals surface area contributed by atoms with Crippen molar-refractivity contribution in [1.82, 2.24) is 19.6 Å². The number of benzene rings is 1. The number of nitro groups is 1. The number of nitrogens with zero attached hydrogens (tertiary/aromatic N) is 5. The molecule has 0 fully saturated rings. The number of carbonyl (C=O) groups excluding carboxylic acids is 2. The molecular weight excluding hydrogens is 366 g/mol. The third kappa shape index (κ3) is 3.45. The molecule has 11 nitrogen and oxygen atoms in total. The summed E-state index contributed by atoms with van der Waals surface area (Å²) >= 11 is 0. The number of para-hydroxylation sites is 1. The quantitative estimate of drug-likeness (QED) is 0.510. The van der Waals surface area contributed by atoms with Gasteiger partial charge in [-0.3, -0.25) is 29.1 Å². The van der Waals surface area contributed by atoms with Crippen molar-refractivity contribution < 1.29 is 14.5 Å². The van der Waals surface area contributed by atoms with Crippen LogP contribution in [0.4, 0.5) is 17.1 Å². The summed E-state index contributed by atoms with van der Waals surface area (Å²) < 4.78 is 2.91. The van der Waals surface area contributed by atoms with Crippen LogP contribution in [-0.2, 0) is 14.1 Å². The van der Waals surface area contributed by atoms with Gasteiger partial charge >= 0.3 is 0 Å². The summed E-state index contributed by atoms with van der Waals surface area (Å²) in [6, 6.07) is 5.55. The molecule has 0 atom stereocenters. The molecule has 1 aromatic carbocycles. The predicted molar refractivity (Wildman–Crippen MR) is 100 cm³/mol. The van der Waals surface area contributed by atoms with E-state index in [-0.39, 0.29) is 22.6 Å². The van der Waals surface area contributed by atoms with E-state index in [1.165, 1.54) is 41.3 Å². The predicted octanol–water partition coefficient (Wildman–Crippen LogP) is 1.87. The molecule has 0 unspecified atom stereocenters. The smallest absolute Gasteiger partial charge is 0.282 e. The fourth-order valence-corrected chi connectivity index (χ4v) is 2.62. The molecule has 0 spiro atoms. The first-order valence-corrected chi connectivity index (χ1v) is 8.16. The fraction of sp³-hybridized carbons (Fsp3) is 0.176. The second-order valence-corrected chi connectivity index (χ2v) is 5.98. The number of aryl methyl sites for hydroxylation is 2. The van der Waals surface area contributed by atoms with Crippen molar-refractivity contribution in [2.75, 3.05) is 10.6 Å². The summed E-state index contributed by atoms with van der Waals surface area (Å²) in [4.78, 5) is 35.7. The van der Waals surface area contributed by atoms with Crippen LogP contribution < -0.4 is 10.6 Å². The summed E-state index contributed by atoms with van der Waals surface area (Å²) in [5, 5.41) is 24.4. The number of rotatable bonds is 5. The third-order valence-electron chi connectivity index (χ3n) is 4.23. The topological polar surface area (TPSA) is 137 Å². The van der Waals surface area contributed by atoms with Crippen molar-refractivity contribution in [2.24, 2.45) is 14.1 Å². The maximum absolute atomic E-state index is 12.7. The Balaban J connectivity index is 1.87. The maximum Gasteiger partial charge on any atom is 0.282 e. The average Bonchev–Trinajstić information content (AvgIpc) is 3.18. The van der Waals surface area contributed by atoms with E-state index in [9.17, 15) is 19.7 Å². The van der Waals surface area contributed by atoms with Gasteiger partial charge in [0.15, 0.2) is 0 Å². The Morgan fingerprint density at radius 1 is 1.00 bits per heavy atom. The van der Waals surface area contributed by atoms with Crippen LogP contribution in [0.3, 0.4) is 0 Å². The lowest BCUT2D eigenvalue weighted by molar-refractivity contribution is -0.385. The molecule has 0 radical (unpaired) electrons. The van der Waals surface area contributed by atoms with Crippen LogP contribution >= 0.6 is 0 Å². The Hall–Kier alpha value is -4.02. The van der Waals surface area contributed by atoms with Crippen molar-refractivity contribution in [3.8, 4) is 0 Å². The van der Waals surface area contributed by atoms with Gasteiger partial charge in [0.25, 0.3) is 17.5 Å². The number of hydrogen-bond acceptors (Lipinski definition) is 6. The first kappa shape index (κ1) is 18.8. The first-order chi connectivity index (χ1) is 13.3. The monoisotopic (exact) mass is 383 g/mol. The second kappa shape index (κ2) is 7.31. The highest BCUT2D eigenvalue weighted by Gasteiger charge is 2.24. The van der Waals surface area contributed by atoms with Crippen molar-refractivity contribution >= 4 is 28.9 Å². The van der Waals surface area contributed by atoms with Gasteiger partial charge in [-0.25, -0.2) is 0 Å². The van der Waals surface area contributed by atoms with Crippen LogP contribution in [0, 0.1) is 17.0 Å². The van der Waals surface area contributed by atoms with Crippen LogP contribution in [0.5, 0.6) is 0 Å². The number of aromatic nitrogens is 4. The normalized spacial score (nSPS) is 10.5. The van der Waals surface area contributed by atoms with E-state index in [4.69, 9.17) is 0 Å². The fourth-order valence-electron chi connectivity index (χ4n) is 2.62. The highest BCUT2D eigenvalue weighted by Crippen LogP contribution is 2.22. The van der Waals surface area contributed by atoms with Gasteiger partial charge in [-0.05, 0) is 13.0 Å². The number of anilines is 2. The van der Waals surface area contributed by atoms with E-state index >= 15 is 0 Å². The molecule has 2 aromatic heterocycles. The number of nitro benzene ring substituents is 1. The van der Waals surface area contributed by atoms with Crippen molar-refractivity contribution in [3.63, 3.8) is 0 Å². The molecule has 0 saturated carbocycles. The number of carbonyl (C=O) groups is 2. The zero-order valence-corrected chi connectivity index (χ0v) is 15.3. The van der Waals surface area contributed by atoms with Gasteiger partial charge in [0, 0.05) is 20.2 Å². The van der Waals surface area contributed by atoms with E-state index in [1.807, 2.05) is 0 Å². The van der Waals surface area contributed by atoms with Crippen molar-refractivity contribution in [3.05, 3.63) is 63.7 Å². The highest BCUT2D eigenvalue weighted by atomic mass is 16.6. The van der Waals surface area contributed by atoms with E-state index in [2.05, 4.69) is 20.8 Å². The minimum absolute atomic E-state index is 0.0928. The van der Waals surface area contributed by atoms with Crippen molar-refractivity contribution in [2.45, 2.75) is 6.92 Å². The third-order valence-corrected chi connectivity index (χ3v) is 4.23. The molecule has 28 heavy (non-hydrogen) atoms. The van der Waals surface area contributed by atoms with Crippen LogP contribution in [0.15, 0.2) is 36.7 Å². The molecule has 11 heteroatoms. The molecule has 0 bridgehead atoms. The van der Waals surface area contributed by atoms with Gasteiger partial charge in [0.1, 0.15) is 11.3 Å². The SMILES string of the molecule is Cc1c(NC(=O)c2c(NC(=O)c3ccccc3[N+](=O)[O-])cnn2C)cnn1C. The Morgan fingerprint density at radius 3 is 2.25 bits per heavy atom. The molecule has 2 amide bonds. The molecule has 3 aromatic rings. The lowest BCUT2D eigenvalue weighted by Crippen LogP contribution is -2.20. The highest BCUT2D eigenvalue weighted by molar-refractivity contribution is 6.12. The summed E-state index contributed by atoms with van der Waals surface area (Å²) in [6.45, 7) is 1.79. The second-order valence-electron chi connectivity index (χ2n) is 5.98. The molecule has 3 rings (SSSR count). The van der Waals surface area contributed by atoms with E-state index in [0.717, 1.165) is 5.69 Å². The van der Waals surface area contributed by atoms with Gasteiger partial charge in [-0.15, -0.1) is 0 Å². The van der Waals surface area contributed by atoms with E-state index in [0.29, 0.717) is 5.69 Å². The number of amides is 2. The first-order valence-electron chi connectivity index (χ1n) is 8.16. The lowest BCUT2D eigenvalue weighted by atomic mass is 10.1. The van der Waals surface area contributed by atoms with Gasteiger partial charge in [0.2, 0.25) is 0 Å². The standard InChI is InChI=1S/C17H17N7O4/c1-10-12(8-18-22(10)2)20-17(26)15-13(9-19-23(15)3)21-16(25)11-6-4-5-7-14(11)24(27)28/h4-9H,1-3H3,(H,20,26)(H,21,25). The molecular formula is C17H17N7O4. The minimum atomic E-state index is -0.716. The molecule has 144 valence electrons. The molecule has 0 aliphatic carbocycles. The Morgan fingerprint density at radius 2 is 1.61 bits per heavy atom. The summed E-state index contributed by atoms with van der Waals surface area (Å²) in [5.41, 5.74) is 1.04. The molecule has 2 heterocycles. The molecule has 2 N–H and O–H groups in total. The number of hydrogen-bond donors (Lipinski definition) is 2. The Bertz CT molecular complexity index is 1080. The minimum Gasteiger partial charge on any atom is -0.318 e. The van der Waals surface area contributed by atoms with Crippen LogP contribution in [0.2, 0.25) is 0 Å². The summed E-state index contributed by atoms with van der Waals surface area (Å²) in [5.74, 6) is -1.22. The zero-order valence-electron chi connectivity index (χ0n) is 15.3. The number of nitrogens with one attached hydrogen (secondary N) is 2. The summed E-state index contributed by atoms with van der Waals surface area (Å²) in [7, 11) is 3.29.